The van der Waals surface area contributed by atoms with Crippen molar-refractivity contribution in [3.05, 3.63) is 0 Å². The monoisotopic (exact) mass is 215 g/mol. The van der Waals surface area contributed by atoms with Crippen LogP contribution in [-0.4, -0.2) is 42.5 Å². The van der Waals surface area contributed by atoms with Crippen LogP contribution in [0.2, 0.25) is 0 Å². The van der Waals surface area contributed by atoms with Crippen LogP contribution in [0.1, 0.15) is 27.7 Å². The zero-order chi connectivity index (χ0) is 12.0. The number of hydrogen-bond donors (Lipinski definition) is 2. The van der Waals surface area contributed by atoms with E-state index in [1.54, 1.807) is 14.0 Å². The van der Waals surface area contributed by atoms with Crippen molar-refractivity contribution in [3.63, 3.8) is 0 Å². The fourth-order valence-electron chi connectivity index (χ4n) is 0.914. The lowest BCUT2D eigenvalue weighted by Crippen LogP contribution is -2.50. The maximum absolute atomic E-state index is 11.5. The fraction of sp³-hybridized carbons (Fsp3) is 0.800. The van der Waals surface area contributed by atoms with Crippen LogP contribution in [-0.2, 0) is 4.79 Å². The molecule has 0 heterocycles. The van der Waals surface area contributed by atoms with Crippen LogP contribution in [0.5, 0.6) is 0 Å². The quantitative estimate of drug-likeness (QED) is 0.720. The molecule has 0 aliphatic rings. The molecule has 1 atom stereocenters. The van der Waals surface area contributed by atoms with Crippen LogP contribution < -0.4 is 10.6 Å². The Bertz CT molecular complexity index is 229. The summed E-state index contributed by atoms with van der Waals surface area (Å²) in [6.07, 6.45) is 0. The van der Waals surface area contributed by atoms with Gasteiger partial charge >= 0.3 is 6.03 Å². The topological polar surface area (TPSA) is 61.4 Å². The predicted molar refractivity (Wildman–Crippen MR) is 59.6 cm³/mol. The van der Waals surface area contributed by atoms with Gasteiger partial charge < -0.3 is 15.5 Å². The highest BCUT2D eigenvalue weighted by Crippen LogP contribution is 1.89. The third-order valence-electron chi connectivity index (χ3n) is 1.99. The second-order valence-electron chi connectivity index (χ2n) is 3.85. The van der Waals surface area contributed by atoms with E-state index in [2.05, 4.69) is 10.6 Å². The average molecular weight is 215 g/mol. The summed E-state index contributed by atoms with van der Waals surface area (Å²) in [6.45, 7) is 7.91. The number of amides is 3. The first-order valence-corrected chi connectivity index (χ1v) is 5.20. The van der Waals surface area contributed by atoms with Gasteiger partial charge in [0.2, 0.25) is 5.91 Å². The van der Waals surface area contributed by atoms with Crippen molar-refractivity contribution >= 4 is 11.9 Å². The summed E-state index contributed by atoms with van der Waals surface area (Å²) in [4.78, 5) is 24.4. The number of nitrogens with one attached hydrogen (secondary N) is 2. The molecule has 5 nitrogen and oxygen atoms in total. The minimum Gasteiger partial charge on any atom is -0.352 e. The van der Waals surface area contributed by atoms with Crippen molar-refractivity contribution in [3.8, 4) is 0 Å². The van der Waals surface area contributed by atoms with Gasteiger partial charge in [-0.2, -0.15) is 0 Å². The first-order chi connectivity index (χ1) is 6.88. The second-order valence-corrected chi connectivity index (χ2v) is 3.85. The van der Waals surface area contributed by atoms with Crippen molar-refractivity contribution < 1.29 is 9.59 Å². The molecule has 15 heavy (non-hydrogen) atoms. The van der Waals surface area contributed by atoms with Gasteiger partial charge in [0.1, 0.15) is 6.04 Å². The summed E-state index contributed by atoms with van der Waals surface area (Å²) in [7, 11) is 1.68. The molecule has 0 radical (unpaired) electrons. The zero-order valence-electron chi connectivity index (χ0n) is 10.1. The molecule has 0 aromatic carbocycles. The Labute approximate surface area is 91.2 Å². The molecule has 0 aliphatic heterocycles. The van der Waals surface area contributed by atoms with Crippen molar-refractivity contribution in [1.82, 2.24) is 15.5 Å². The SMILES string of the molecule is CCN(C)C(=O)NC(C)C(=O)NC(C)C. The van der Waals surface area contributed by atoms with Gasteiger partial charge in [-0.05, 0) is 27.7 Å². The zero-order valence-corrected chi connectivity index (χ0v) is 10.1. The molecular formula is C10H21N3O2. The molecule has 1 unspecified atom stereocenters. The van der Waals surface area contributed by atoms with Crippen LogP contribution in [0, 0.1) is 0 Å². The van der Waals surface area contributed by atoms with E-state index in [0.29, 0.717) is 6.54 Å². The van der Waals surface area contributed by atoms with Gasteiger partial charge in [0, 0.05) is 19.6 Å². The second kappa shape index (κ2) is 6.27. The summed E-state index contributed by atoms with van der Waals surface area (Å²) in [5.74, 6) is -0.164. The number of carbonyl (C=O) groups excluding carboxylic acids is 2. The van der Waals surface area contributed by atoms with Gasteiger partial charge in [0.15, 0.2) is 0 Å². The van der Waals surface area contributed by atoms with Crippen LogP contribution in [0.15, 0.2) is 0 Å². The highest BCUT2D eigenvalue weighted by atomic mass is 16.2. The first-order valence-electron chi connectivity index (χ1n) is 5.20. The summed E-state index contributed by atoms with van der Waals surface area (Å²) in [5.41, 5.74) is 0. The van der Waals surface area contributed by atoms with Gasteiger partial charge in [0.05, 0.1) is 0 Å². The summed E-state index contributed by atoms with van der Waals surface area (Å²) in [6, 6.07) is -0.654. The third kappa shape index (κ3) is 5.24. The lowest BCUT2D eigenvalue weighted by atomic mass is 10.3. The Morgan fingerprint density at radius 2 is 1.73 bits per heavy atom. The van der Waals surface area contributed by atoms with E-state index >= 15 is 0 Å². The molecule has 0 fully saturated rings. The molecular weight excluding hydrogens is 194 g/mol. The minimum atomic E-state index is -0.506. The van der Waals surface area contributed by atoms with Crippen molar-refractivity contribution in [2.24, 2.45) is 0 Å². The van der Waals surface area contributed by atoms with E-state index in [1.807, 2.05) is 20.8 Å². The molecule has 0 rings (SSSR count). The summed E-state index contributed by atoms with van der Waals surface area (Å²) < 4.78 is 0. The van der Waals surface area contributed by atoms with Gasteiger partial charge in [-0.15, -0.1) is 0 Å². The maximum atomic E-state index is 11.5. The van der Waals surface area contributed by atoms with Crippen LogP contribution in [0.4, 0.5) is 4.79 Å². The highest BCUT2D eigenvalue weighted by molar-refractivity contribution is 5.86. The standard InChI is InChI=1S/C10H21N3O2/c1-6-13(5)10(15)12-8(4)9(14)11-7(2)3/h7-8H,6H2,1-5H3,(H,11,14)(H,12,15). The molecule has 5 heteroatoms. The average Bonchev–Trinajstić information content (AvgIpc) is 2.15. The molecule has 2 N–H and O–H groups in total. The Balaban J connectivity index is 4.07. The number of urea groups is 1. The molecule has 88 valence electrons. The van der Waals surface area contributed by atoms with E-state index in [4.69, 9.17) is 0 Å². The van der Waals surface area contributed by atoms with E-state index < -0.39 is 6.04 Å². The molecule has 0 spiro atoms. The molecule has 0 aromatic heterocycles. The Kier molecular flexibility index (Phi) is 5.74. The van der Waals surface area contributed by atoms with Gasteiger partial charge in [-0.25, -0.2) is 4.79 Å². The van der Waals surface area contributed by atoms with Crippen molar-refractivity contribution in [1.29, 1.82) is 0 Å². The van der Waals surface area contributed by atoms with Gasteiger partial charge in [-0.1, -0.05) is 0 Å². The maximum Gasteiger partial charge on any atom is 0.317 e. The number of hydrogen-bond acceptors (Lipinski definition) is 2. The molecule has 0 aromatic rings. The summed E-state index contributed by atoms with van der Waals surface area (Å²) >= 11 is 0. The van der Waals surface area contributed by atoms with E-state index in [9.17, 15) is 9.59 Å². The van der Waals surface area contributed by atoms with Crippen molar-refractivity contribution in [2.45, 2.75) is 39.8 Å². The Morgan fingerprint density at radius 1 is 1.20 bits per heavy atom. The van der Waals surface area contributed by atoms with Crippen LogP contribution >= 0.6 is 0 Å². The number of nitrogens with zero attached hydrogens (tertiary/aromatic N) is 1. The van der Waals surface area contributed by atoms with E-state index in [0.717, 1.165) is 0 Å². The van der Waals surface area contributed by atoms with Gasteiger partial charge in [0.25, 0.3) is 0 Å². The summed E-state index contributed by atoms with van der Waals surface area (Å²) in [5, 5.41) is 5.34. The molecule has 0 saturated carbocycles. The highest BCUT2D eigenvalue weighted by Gasteiger charge is 2.17. The van der Waals surface area contributed by atoms with E-state index in [-0.39, 0.29) is 18.0 Å². The van der Waals surface area contributed by atoms with Crippen molar-refractivity contribution in [2.75, 3.05) is 13.6 Å². The Morgan fingerprint density at radius 3 is 2.13 bits per heavy atom. The molecule has 0 aliphatic carbocycles. The van der Waals surface area contributed by atoms with Crippen LogP contribution in [0.3, 0.4) is 0 Å². The number of rotatable bonds is 4. The minimum absolute atomic E-state index is 0.0840. The van der Waals surface area contributed by atoms with Gasteiger partial charge in [-0.3, -0.25) is 4.79 Å². The normalized spacial score (nSPS) is 12.1. The third-order valence-corrected chi connectivity index (χ3v) is 1.99. The molecule has 0 saturated heterocycles. The Hall–Kier alpha value is -1.26. The fourth-order valence-corrected chi connectivity index (χ4v) is 0.914. The predicted octanol–water partition coefficient (Wildman–Crippen LogP) is 0.561. The smallest absolute Gasteiger partial charge is 0.317 e. The van der Waals surface area contributed by atoms with Crippen LogP contribution in [0.25, 0.3) is 0 Å². The molecule has 0 bridgehead atoms. The van der Waals surface area contributed by atoms with E-state index in [1.165, 1.54) is 4.90 Å². The number of carbonyl (C=O) groups is 2. The molecule has 3 amide bonds. The largest absolute Gasteiger partial charge is 0.352 e. The lowest BCUT2D eigenvalue weighted by molar-refractivity contribution is -0.123. The first kappa shape index (κ1) is 13.7. The lowest BCUT2D eigenvalue weighted by Gasteiger charge is -2.20.